The second kappa shape index (κ2) is 7.01. The van der Waals surface area contributed by atoms with Crippen LogP contribution in [0, 0.1) is 20.8 Å². The van der Waals surface area contributed by atoms with Crippen molar-refractivity contribution in [2.75, 3.05) is 6.54 Å². The Kier molecular flexibility index (Phi) is 4.79. The minimum absolute atomic E-state index is 0.00748. The first-order valence-corrected chi connectivity index (χ1v) is 8.56. The highest BCUT2D eigenvalue weighted by Crippen LogP contribution is 2.19. The maximum absolute atomic E-state index is 12.1. The SMILES string of the molecule is CCCNC(=O)Cc1c(C)nc2nc(-c3ccc(C)cc3)nn2c1C. The molecule has 0 saturated carbocycles. The first kappa shape index (κ1) is 17.1. The first-order valence-electron chi connectivity index (χ1n) is 8.56. The zero-order valence-electron chi connectivity index (χ0n) is 15.1. The molecule has 0 saturated heterocycles. The third-order valence-corrected chi connectivity index (χ3v) is 4.27. The average molecular weight is 337 g/mol. The molecule has 0 unspecified atom stereocenters. The Labute approximate surface area is 147 Å². The van der Waals surface area contributed by atoms with Crippen molar-refractivity contribution in [1.82, 2.24) is 24.9 Å². The molecule has 6 nitrogen and oxygen atoms in total. The molecule has 0 atom stereocenters. The van der Waals surface area contributed by atoms with Crippen molar-refractivity contribution >= 4 is 11.7 Å². The van der Waals surface area contributed by atoms with Crippen molar-refractivity contribution in [2.24, 2.45) is 0 Å². The van der Waals surface area contributed by atoms with Gasteiger partial charge in [-0.15, -0.1) is 5.10 Å². The Bertz CT molecular complexity index is 912. The summed E-state index contributed by atoms with van der Waals surface area (Å²) in [6, 6.07) is 8.09. The molecule has 0 fully saturated rings. The van der Waals surface area contributed by atoms with Crippen molar-refractivity contribution < 1.29 is 4.79 Å². The molecule has 0 bridgehead atoms. The molecule has 1 aromatic carbocycles. The fraction of sp³-hybridized carbons (Fsp3) is 0.368. The average Bonchev–Trinajstić information content (AvgIpc) is 3.01. The molecule has 3 rings (SSSR count). The van der Waals surface area contributed by atoms with Crippen LogP contribution in [-0.2, 0) is 11.2 Å². The van der Waals surface area contributed by atoms with Crippen molar-refractivity contribution in [3.8, 4) is 11.4 Å². The van der Waals surface area contributed by atoms with Gasteiger partial charge in [0.2, 0.25) is 5.91 Å². The van der Waals surface area contributed by atoms with E-state index in [9.17, 15) is 4.79 Å². The summed E-state index contributed by atoms with van der Waals surface area (Å²) in [6.45, 7) is 8.64. The highest BCUT2D eigenvalue weighted by Gasteiger charge is 2.16. The van der Waals surface area contributed by atoms with E-state index in [0.29, 0.717) is 24.6 Å². The van der Waals surface area contributed by atoms with Gasteiger partial charge >= 0.3 is 0 Å². The summed E-state index contributed by atoms with van der Waals surface area (Å²) in [5.41, 5.74) is 4.77. The molecule has 1 amide bonds. The lowest BCUT2D eigenvalue weighted by atomic mass is 10.1. The van der Waals surface area contributed by atoms with Crippen LogP contribution in [-0.4, -0.2) is 32.0 Å². The molecule has 0 aliphatic rings. The number of hydrogen-bond acceptors (Lipinski definition) is 4. The number of aromatic nitrogens is 4. The number of amides is 1. The van der Waals surface area contributed by atoms with E-state index >= 15 is 0 Å². The Morgan fingerprint density at radius 2 is 1.84 bits per heavy atom. The van der Waals surface area contributed by atoms with Crippen molar-refractivity contribution in [3.63, 3.8) is 0 Å². The zero-order valence-corrected chi connectivity index (χ0v) is 15.1. The number of nitrogens with one attached hydrogen (secondary N) is 1. The Morgan fingerprint density at radius 3 is 2.52 bits per heavy atom. The molecule has 0 aliphatic heterocycles. The van der Waals surface area contributed by atoms with Crippen LogP contribution in [0.4, 0.5) is 0 Å². The summed E-state index contributed by atoms with van der Waals surface area (Å²) in [6.07, 6.45) is 1.23. The topological polar surface area (TPSA) is 72.2 Å². The quantitative estimate of drug-likeness (QED) is 0.777. The summed E-state index contributed by atoms with van der Waals surface area (Å²) in [4.78, 5) is 21.2. The predicted molar refractivity (Wildman–Crippen MR) is 97.4 cm³/mol. The number of hydrogen-bond donors (Lipinski definition) is 1. The molecule has 2 aromatic heterocycles. The van der Waals surface area contributed by atoms with E-state index in [0.717, 1.165) is 28.9 Å². The third kappa shape index (κ3) is 3.52. The number of rotatable bonds is 5. The molecule has 0 spiro atoms. The first-order chi connectivity index (χ1) is 12.0. The Morgan fingerprint density at radius 1 is 1.12 bits per heavy atom. The zero-order chi connectivity index (χ0) is 18.0. The summed E-state index contributed by atoms with van der Waals surface area (Å²) < 4.78 is 1.73. The van der Waals surface area contributed by atoms with Crippen LogP contribution >= 0.6 is 0 Å². The fourth-order valence-electron chi connectivity index (χ4n) is 2.78. The van der Waals surface area contributed by atoms with Gasteiger partial charge in [-0.05, 0) is 27.2 Å². The van der Waals surface area contributed by atoms with Gasteiger partial charge in [-0.3, -0.25) is 4.79 Å². The van der Waals surface area contributed by atoms with Crippen LogP contribution in [0.3, 0.4) is 0 Å². The summed E-state index contributed by atoms with van der Waals surface area (Å²) in [7, 11) is 0. The van der Waals surface area contributed by atoms with Crippen LogP contribution < -0.4 is 5.32 Å². The molecule has 25 heavy (non-hydrogen) atoms. The maximum atomic E-state index is 12.1. The number of fused-ring (bicyclic) bond motifs is 1. The molecule has 6 heteroatoms. The van der Waals surface area contributed by atoms with Crippen LogP contribution in [0.25, 0.3) is 17.2 Å². The smallest absolute Gasteiger partial charge is 0.253 e. The number of carbonyl (C=O) groups is 1. The summed E-state index contributed by atoms with van der Waals surface area (Å²) in [5.74, 6) is 1.21. The lowest BCUT2D eigenvalue weighted by Crippen LogP contribution is -2.26. The molecular weight excluding hydrogens is 314 g/mol. The highest BCUT2D eigenvalue weighted by molar-refractivity contribution is 5.79. The fourth-order valence-corrected chi connectivity index (χ4v) is 2.78. The molecule has 2 heterocycles. The number of nitrogens with zero attached hydrogens (tertiary/aromatic N) is 4. The van der Waals surface area contributed by atoms with Gasteiger partial charge in [0.15, 0.2) is 5.82 Å². The van der Waals surface area contributed by atoms with E-state index in [1.807, 2.05) is 52.0 Å². The monoisotopic (exact) mass is 337 g/mol. The van der Waals surface area contributed by atoms with Gasteiger partial charge in [0, 0.05) is 29.1 Å². The van der Waals surface area contributed by atoms with Crippen LogP contribution in [0.2, 0.25) is 0 Å². The van der Waals surface area contributed by atoms with E-state index in [1.54, 1.807) is 4.52 Å². The molecule has 1 N–H and O–H groups in total. The maximum Gasteiger partial charge on any atom is 0.253 e. The van der Waals surface area contributed by atoms with Crippen LogP contribution in [0.1, 0.15) is 35.9 Å². The van der Waals surface area contributed by atoms with E-state index in [1.165, 1.54) is 5.56 Å². The van der Waals surface area contributed by atoms with Gasteiger partial charge < -0.3 is 5.32 Å². The van der Waals surface area contributed by atoms with Gasteiger partial charge in [0.25, 0.3) is 5.78 Å². The van der Waals surface area contributed by atoms with E-state index in [-0.39, 0.29) is 5.91 Å². The molecule has 130 valence electrons. The third-order valence-electron chi connectivity index (χ3n) is 4.27. The lowest BCUT2D eigenvalue weighted by molar-refractivity contribution is -0.120. The van der Waals surface area contributed by atoms with E-state index in [2.05, 4.69) is 20.4 Å². The van der Waals surface area contributed by atoms with Gasteiger partial charge in [0.05, 0.1) is 6.42 Å². The van der Waals surface area contributed by atoms with Gasteiger partial charge in [-0.1, -0.05) is 36.8 Å². The Balaban J connectivity index is 1.98. The predicted octanol–water partition coefficient (Wildman–Crippen LogP) is 2.79. The highest BCUT2D eigenvalue weighted by atomic mass is 16.1. The normalized spacial score (nSPS) is 11.0. The molecular formula is C19H23N5O. The number of aryl methyl sites for hydroxylation is 3. The Hall–Kier alpha value is -2.76. The minimum atomic E-state index is 0.00748. The summed E-state index contributed by atoms with van der Waals surface area (Å²) in [5, 5.41) is 7.50. The van der Waals surface area contributed by atoms with Gasteiger partial charge in [0.1, 0.15) is 0 Å². The van der Waals surface area contributed by atoms with Crippen LogP contribution in [0.5, 0.6) is 0 Å². The van der Waals surface area contributed by atoms with Gasteiger partial charge in [-0.2, -0.15) is 4.98 Å². The van der Waals surface area contributed by atoms with Crippen molar-refractivity contribution in [3.05, 3.63) is 46.8 Å². The standard InChI is InChI=1S/C19H23N5O/c1-5-10-20-17(25)11-16-13(3)21-19-22-18(23-24(19)14(16)4)15-8-6-12(2)7-9-15/h6-9H,5,10-11H2,1-4H3,(H,20,25). The minimum Gasteiger partial charge on any atom is -0.356 e. The molecule has 3 aromatic rings. The molecule has 0 aliphatic carbocycles. The molecule has 0 radical (unpaired) electrons. The van der Waals surface area contributed by atoms with Crippen molar-refractivity contribution in [2.45, 2.75) is 40.5 Å². The van der Waals surface area contributed by atoms with Crippen LogP contribution in [0.15, 0.2) is 24.3 Å². The van der Waals surface area contributed by atoms with E-state index in [4.69, 9.17) is 0 Å². The van der Waals surface area contributed by atoms with Crippen molar-refractivity contribution in [1.29, 1.82) is 0 Å². The summed E-state index contributed by atoms with van der Waals surface area (Å²) >= 11 is 0. The largest absolute Gasteiger partial charge is 0.356 e. The number of carbonyl (C=O) groups excluding carboxylic acids is 1. The number of benzene rings is 1. The van der Waals surface area contributed by atoms with E-state index < -0.39 is 0 Å². The second-order valence-electron chi connectivity index (χ2n) is 6.30. The lowest BCUT2D eigenvalue weighted by Gasteiger charge is -2.10. The second-order valence-corrected chi connectivity index (χ2v) is 6.30. The van der Waals surface area contributed by atoms with Gasteiger partial charge in [-0.25, -0.2) is 9.50 Å².